The number of aromatic nitrogens is 1. The molecule has 1 fully saturated rings. The Balaban J connectivity index is 2.34. The third kappa shape index (κ3) is 1.67. The minimum absolute atomic E-state index is 0.0301. The van der Waals surface area contributed by atoms with Crippen LogP contribution in [0.3, 0.4) is 0 Å². The van der Waals surface area contributed by atoms with Gasteiger partial charge in [-0.05, 0) is 6.42 Å². The van der Waals surface area contributed by atoms with E-state index in [2.05, 4.69) is 4.98 Å². The normalized spacial score (nSPS) is 14.4. The van der Waals surface area contributed by atoms with Crippen LogP contribution in [0.15, 0.2) is 12.3 Å². The van der Waals surface area contributed by atoms with E-state index in [9.17, 15) is 14.9 Å². The van der Waals surface area contributed by atoms with Crippen LogP contribution in [-0.2, 0) is 0 Å². The molecular formula is C9H10N4O3. The van der Waals surface area contributed by atoms with Crippen molar-refractivity contribution in [2.75, 3.05) is 18.8 Å². The monoisotopic (exact) mass is 222 g/mol. The van der Waals surface area contributed by atoms with Crippen molar-refractivity contribution < 1.29 is 9.72 Å². The van der Waals surface area contributed by atoms with E-state index in [0.29, 0.717) is 13.1 Å². The third-order valence-corrected chi connectivity index (χ3v) is 2.49. The highest BCUT2D eigenvalue weighted by atomic mass is 16.6. The SMILES string of the molecule is Nc1ncc([N+](=O)[O-])cc1C(=O)N1CCC1. The summed E-state index contributed by atoms with van der Waals surface area (Å²) < 4.78 is 0. The Morgan fingerprint density at radius 1 is 1.56 bits per heavy atom. The van der Waals surface area contributed by atoms with E-state index in [4.69, 9.17) is 5.73 Å². The highest BCUT2D eigenvalue weighted by molar-refractivity contribution is 5.99. The maximum absolute atomic E-state index is 11.8. The van der Waals surface area contributed by atoms with Gasteiger partial charge < -0.3 is 10.6 Å². The van der Waals surface area contributed by atoms with Gasteiger partial charge in [0.1, 0.15) is 12.0 Å². The van der Waals surface area contributed by atoms with Crippen LogP contribution in [0.1, 0.15) is 16.8 Å². The Bertz CT molecular complexity index is 456. The Hall–Kier alpha value is -2.18. The number of amides is 1. The van der Waals surface area contributed by atoms with E-state index >= 15 is 0 Å². The number of nitrogens with zero attached hydrogens (tertiary/aromatic N) is 3. The summed E-state index contributed by atoms with van der Waals surface area (Å²) >= 11 is 0. The molecule has 1 aliphatic rings. The third-order valence-electron chi connectivity index (χ3n) is 2.49. The molecule has 0 atom stereocenters. The van der Waals surface area contributed by atoms with Gasteiger partial charge in [-0.1, -0.05) is 0 Å². The number of hydrogen-bond acceptors (Lipinski definition) is 5. The second-order valence-electron chi connectivity index (χ2n) is 3.53. The van der Waals surface area contributed by atoms with Crippen LogP contribution in [-0.4, -0.2) is 33.8 Å². The van der Waals surface area contributed by atoms with Crippen molar-refractivity contribution in [3.8, 4) is 0 Å². The molecular weight excluding hydrogens is 212 g/mol. The molecule has 1 aromatic heterocycles. The topological polar surface area (TPSA) is 102 Å². The van der Waals surface area contributed by atoms with Crippen LogP contribution in [0.25, 0.3) is 0 Å². The molecule has 0 aromatic carbocycles. The van der Waals surface area contributed by atoms with Gasteiger partial charge in [0.05, 0.1) is 10.5 Å². The standard InChI is InChI=1S/C9H10N4O3/c10-8-7(9(14)12-2-1-3-12)4-6(5-11-8)13(15)16/h4-5H,1-3H2,(H2,10,11). The molecule has 1 aromatic rings. The summed E-state index contributed by atoms with van der Waals surface area (Å²) in [6, 6.07) is 1.17. The summed E-state index contributed by atoms with van der Waals surface area (Å²) in [5.74, 6) is -0.262. The molecule has 0 radical (unpaired) electrons. The number of rotatable bonds is 2. The first kappa shape index (κ1) is 10.3. The number of carbonyl (C=O) groups excluding carboxylic acids is 1. The highest BCUT2D eigenvalue weighted by Gasteiger charge is 2.25. The van der Waals surface area contributed by atoms with Gasteiger partial charge in [0.15, 0.2) is 0 Å². The van der Waals surface area contributed by atoms with Gasteiger partial charge in [-0.3, -0.25) is 14.9 Å². The lowest BCUT2D eigenvalue weighted by Gasteiger charge is -2.30. The van der Waals surface area contributed by atoms with Gasteiger partial charge in [-0.15, -0.1) is 0 Å². The lowest BCUT2D eigenvalue weighted by Crippen LogP contribution is -2.42. The summed E-state index contributed by atoms with van der Waals surface area (Å²) in [7, 11) is 0. The summed E-state index contributed by atoms with van der Waals surface area (Å²) in [5, 5.41) is 10.5. The van der Waals surface area contributed by atoms with Crippen molar-refractivity contribution >= 4 is 17.4 Å². The average Bonchev–Trinajstić information content (AvgIpc) is 2.15. The number of nitrogens with two attached hydrogens (primary N) is 1. The largest absolute Gasteiger partial charge is 0.383 e. The van der Waals surface area contributed by atoms with E-state index in [1.807, 2.05) is 0 Å². The molecule has 2 heterocycles. The number of nitro groups is 1. The molecule has 1 amide bonds. The van der Waals surface area contributed by atoms with Gasteiger partial charge in [0.25, 0.3) is 11.6 Å². The van der Waals surface area contributed by atoms with Gasteiger partial charge in [-0.2, -0.15) is 0 Å². The van der Waals surface area contributed by atoms with Crippen LogP contribution < -0.4 is 5.73 Å². The summed E-state index contributed by atoms with van der Waals surface area (Å²) in [6.07, 6.45) is 2.00. The maximum atomic E-state index is 11.8. The van der Waals surface area contributed by atoms with Crippen molar-refractivity contribution in [2.24, 2.45) is 0 Å². The molecule has 1 aliphatic heterocycles. The predicted octanol–water partition coefficient (Wildman–Crippen LogP) is 0.418. The zero-order valence-corrected chi connectivity index (χ0v) is 8.42. The average molecular weight is 222 g/mol. The fourth-order valence-electron chi connectivity index (χ4n) is 1.43. The molecule has 0 aliphatic carbocycles. The molecule has 0 spiro atoms. The number of anilines is 1. The van der Waals surface area contributed by atoms with Gasteiger partial charge in [0.2, 0.25) is 0 Å². The fourth-order valence-corrected chi connectivity index (χ4v) is 1.43. The smallest absolute Gasteiger partial charge is 0.288 e. The first-order chi connectivity index (χ1) is 7.59. The van der Waals surface area contributed by atoms with Gasteiger partial charge in [-0.25, -0.2) is 4.98 Å². The van der Waals surface area contributed by atoms with E-state index in [1.54, 1.807) is 4.90 Å². The zero-order valence-electron chi connectivity index (χ0n) is 8.42. The summed E-state index contributed by atoms with van der Waals surface area (Å²) in [4.78, 5) is 27.0. The molecule has 0 saturated carbocycles. The molecule has 2 N–H and O–H groups in total. The number of carbonyl (C=O) groups is 1. The molecule has 0 unspecified atom stereocenters. The Morgan fingerprint density at radius 3 is 2.75 bits per heavy atom. The van der Waals surface area contributed by atoms with Crippen LogP contribution in [0, 0.1) is 10.1 Å². The minimum atomic E-state index is -0.598. The first-order valence-electron chi connectivity index (χ1n) is 4.79. The van der Waals surface area contributed by atoms with Crippen molar-refractivity contribution in [3.05, 3.63) is 27.9 Å². The first-order valence-corrected chi connectivity index (χ1v) is 4.79. The second kappa shape index (κ2) is 3.76. The number of pyridine rings is 1. The molecule has 16 heavy (non-hydrogen) atoms. The van der Waals surface area contributed by atoms with Crippen LogP contribution in [0.4, 0.5) is 11.5 Å². The summed E-state index contributed by atoms with van der Waals surface area (Å²) in [6.45, 7) is 1.34. The van der Waals surface area contributed by atoms with Crippen molar-refractivity contribution in [1.29, 1.82) is 0 Å². The van der Waals surface area contributed by atoms with E-state index in [0.717, 1.165) is 12.6 Å². The Kier molecular flexibility index (Phi) is 2.43. The Labute approximate surface area is 91.0 Å². The maximum Gasteiger partial charge on any atom is 0.288 e. The minimum Gasteiger partial charge on any atom is -0.383 e. The van der Waals surface area contributed by atoms with Crippen molar-refractivity contribution in [2.45, 2.75) is 6.42 Å². The molecule has 0 bridgehead atoms. The zero-order chi connectivity index (χ0) is 11.7. The van der Waals surface area contributed by atoms with E-state index in [1.165, 1.54) is 6.07 Å². The lowest BCUT2D eigenvalue weighted by molar-refractivity contribution is -0.385. The molecule has 7 nitrogen and oxygen atoms in total. The number of likely N-dealkylation sites (tertiary alicyclic amines) is 1. The highest BCUT2D eigenvalue weighted by Crippen LogP contribution is 2.20. The summed E-state index contributed by atoms with van der Waals surface area (Å²) in [5.41, 5.74) is 5.41. The van der Waals surface area contributed by atoms with E-state index < -0.39 is 4.92 Å². The fraction of sp³-hybridized carbons (Fsp3) is 0.333. The molecule has 2 rings (SSSR count). The van der Waals surface area contributed by atoms with Crippen molar-refractivity contribution in [3.63, 3.8) is 0 Å². The quantitative estimate of drug-likeness (QED) is 0.577. The lowest BCUT2D eigenvalue weighted by atomic mass is 10.1. The predicted molar refractivity (Wildman–Crippen MR) is 55.8 cm³/mol. The molecule has 84 valence electrons. The van der Waals surface area contributed by atoms with Crippen molar-refractivity contribution in [1.82, 2.24) is 9.88 Å². The van der Waals surface area contributed by atoms with Gasteiger partial charge >= 0.3 is 0 Å². The van der Waals surface area contributed by atoms with Gasteiger partial charge in [0, 0.05) is 19.2 Å². The molecule has 1 saturated heterocycles. The van der Waals surface area contributed by atoms with Crippen LogP contribution >= 0.6 is 0 Å². The van der Waals surface area contributed by atoms with Crippen LogP contribution in [0.2, 0.25) is 0 Å². The number of hydrogen-bond donors (Lipinski definition) is 1. The van der Waals surface area contributed by atoms with E-state index in [-0.39, 0.29) is 23.0 Å². The van der Waals surface area contributed by atoms with Crippen LogP contribution in [0.5, 0.6) is 0 Å². The second-order valence-corrected chi connectivity index (χ2v) is 3.53. The Morgan fingerprint density at radius 2 is 2.25 bits per heavy atom. The molecule has 7 heteroatoms. The number of nitrogen functional groups attached to an aromatic ring is 1.